The van der Waals surface area contributed by atoms with Gasteiger partial charge in [-0.2, -0.15) is 0 Å². The van der Waals surface area contributed by atoms with Crippen LogP contribution in [0.1, 0.15) is 59.8 Å². The van der Waals surface area contributed by atoms with E-state index in [9.17, 15) is 19.5 Å². The van der Waals surface area contributed by atoms with Gasteiger partial charge in [0.15, 0.2) is 11.6 Å². The van der Waals surface area contributed by atoms with Gasteiger partial charge in [-0.15, -0.1) is 23.2 Å². The smallest absolute Gasteiger partial charge is 0.311 e. The van der Waals surface area contributed by atoms with Crippen LogP contribution in [0.5, 0.6) is 0 Å². The van der Waals surface area contributed by atoms with E-state index >= 15 is 0 Å². The van der Waals surface area contributed by atoms with Gasteiger partial charge in [0.1, 0.15) is 6.61 Å². The second kappa shape index (κ2) is 8.49. The monoisotopic (exact) mass is 496 g/mol. The minimum absolute atomic E-state index is 0.0431. The number of rotatable bonds is 5. The largest absolute Gasteiger partial charge is 0.457 e. The first-order valence-corrected chi connectivity index (χ1v) is 12.8. The van der Waals surface area contributed by atoms with E-state index in [-0.39, 0.29) is 46.7 Å². The molecule has 0 spiro atoms. The summed E-state index contributed by atoms with van der Waals surface area (Å²) in [5, 5.41) is 9.34. The van der Waals surface area contributed by atoms with Crippen LogP contribution in [0, 0.1) is 34.5 Å². The molecule has 4 aliphatic rings. The van der Waals surface area contributed by atoms with Crippen molar-refractivity contribution in [1.82, 2.24) is 0 Å². The number of aliphatic hydroxyl groups excluding tert-OH is 1. The number of esters is 1. The van der Waals surface area contributed by atoms with E-state index in [1.165, 1.54) is 6.92 Å². The van der Waals surface area contributed by atoms with Crippen LogP contribution in [0.2, 0.25) is 0 Å². The molecule has 2 unspecified atom stereocenters. The number of ether oxygens (including phenoxy) is 1. The topological polar surface area (TPSA) is 80.7 Å². The zero-order chi connectivity index (χ0) is 24.3. The molecule has 0 aliphatic heterocycles. The van der Waals surface area contributed by atoms with Crippen LogP contribution in [0.4, 0.5) is 0 Å². The van der Waals surface area contributed by atoms with Crippen LogP contribution in [-0.4, -0.2) is 45.6 Å². The van der Waals surface area contributed by atoms with Crippen LogP contribution in [-0.2, 0) is 19.1 Å². The van der Waals surface area contributed by atoms with Gasteiger partial charge in [0, 0.05) is 11.3 Å². The van der Waals surface area contributed by atoms with Crippen LogP contribution in [0.15, 0.2) is 23.8 Å². The lowest BCUT2D eigenvalue weighted by atomic mass is 9.47. The molecule has 3 saturated carbocycles. The summed E-state index contributed by atoms with van der Waals surface area (Å²) < 4.78 is 5.26. The molecule has 4 rings (SSSR count). The Morgan fingerprint density at radius 2 is 1.91 bits per heavy atom. The van der Waals surface area contributed by atoms with E-state index < -0.39 is 28.3 Å². The van der Waals surface area contributed by atoms with Gasteiger partial charge >= 0.3 is 5.97 Å². The van der Waals surface area contributed by atoms with Crippen molar-refractivity contribution in [3.8, 4) is 0 Å². The molecule has 9 atom stereocenters. The average molecular weight is 497 g/mol. The highest BCUT2D eigenvalue weighted by Crippen LogP contribution is 2.70. The van der Waals surface area contributed by atoms with Gasteiger partial charge in [-0.1, -0.05) is 19.9 Å². The van der Waals surface area contributed by atoms with Crippen molar-refractivity contribution in [1.29, 1.82) is 0 Å². The lowest BCUT2D eigenvalue weighted by molar-refractivity contribution is -0.156. The number of carbonyl (C=O) groups is 3. The predicted octanol–water partition coefficient (Wildman–Crippen LogP) is 4.62. The Hall–Kier alpha value is -1.17. The van der Waals surface area contributed by atoms with E-state index in [0.717, 1.165) is 31.3 Å². The maximum atomic E-state index is 13.2. The maximum absolute atomic E-state index is 13.2. The van der Waals surface area contributed by atoms with E-state index in [4.69, 9.17) is 27.9 Å². The third kappa shape index (κ3) is 3.73. The third-order valence-electron chi connectivity index (χ3n) is 9.49. The summed E-state index contributed by atoms with van der Waals surface area (Å²) in [4.78, 5) is 36.8. The van der Waals surface area contributed by atoms with Crippen LogP contribution in [0.25, 0.3) is 0 Å². The number of fused-ring (bicyclic) bond motifs is 5. The molecular weight excluding hydrogens is 463 g/mol. The Kier molecular flexibility index (Phi) is 6.42. The third-order valence-corrected chi connectivity index (χ3v) is 10.8. The molecule has 0 aromatic heterocycles. The molecule has 0 amide bonds. The molecule has 182 valence electrons. The van der Waals surface area contributed by atoms with Crippen molar-refractivity contribution in [2.75, 3.05) is 6.61 Å². The van der Waals surface area contributed by atoms with Crippen molar-refractivity contribution in [3.63, 3.8) is 0 Å². The van der Waals surface area contributed by atoms with Crippen LogP contribution < -0.4 is 0 Å². The van der Waals surface area contributed by atoms with Gasteiger partial charge in [0.25, 0.3) is 0 Å². The number of halogens is 2. The lowest BCUT2D eigenvalue weighted by Gasteiger charge is -2.62. The molecule has 0 radical (unpaired) electrons. The number of aliphatic hydroxyl groups is 1. The van der Waals surface area contributed by atoms with Crippen molar-refractivity contribution >= 4 is 40.7 Å². The van der Waals surface area contributed by atoms with Gasteiger partial charge in [0.2, 0.25) is 0 Å². The number of ketones is 2. The van der Waals surface area contributed by atoms with Gasteiger partial charge in [-0.3, -0.25) is 14.4 Å². The summed E-state index contributed by atoms with van der Waals surface area (Å²) in [5.74, 6) is -1.16. The van der Waals surface area contributed by atoms with E-state index in [0.29, 0.717) is 6.42 Å². The summed E-state index contributed by atoms with van der Waals surface area (Å²) in [7, 11) is 0. The minimum atomic E-state index is -0.824. The zero-order valence-corrected chi connectivity index (χ0v) is 21.3. The highest BCUT2D eigenvalue weighted by atomic mass is 35.5. The molecule has 1 N–H and O–H groups in total. The Balaban J connectivity index is 1.54. The molecule has 3 fully saturated rings. The number of hydrogen-bond donors (Lipinski definition) is 1. The van der Waals surface area contributed by atoms with Crippen LogP contribution in [0.3, 0.4) is 0 Å². The molecule has 0 aromatic carbocycles. The Bertz CT molecular complexity index is 926. The Morgan fingerprint density at radius 1 is 1.21 bits per heavy atom. The fourth-order valence-corrected chi connectivity index (χ4v) is 8.17. The summed E-state index contributed by atoms with van der Waals surface area (Å²) in [6.07, 6.45) is 8.23. The molecule has 5 nitrogen and oxygen atoms in total. The van der Waals surface area contributed by atoms with Crippen molar-refractivity contribution in [2.24, 2.45) is 34.5 Å². The number of allylic oxidation sites excluding steroid dienone is 4. The molecule has 7 heteroatoms. The molecule has 4 aliphatic carbocycles. The lowest BCUT2D eigenvalue weighted by Crippen LogP contribution is -2.61. The number of hydrogen-bond acceptors (Lipinski definition) is 5. The highest BCUT2D eigenvalue weighted by Gasteiger charge is 2.67. The summed E-state index contributed by atoms with van der Waals surface area (Å²) in [6, 6.07) is 0. The van der Waals surface area contributed by atoms with Gasteiger partial charge in [-0.25, -0.2) is 0 Å². The molecule has 0 heterocycles. The van der Waals surface area contributed by atoms with E-state index in [1.807, 2.05) is 6.08 Å². The summed E-state index contributed by atoms with van der Waals surface area (Å²) >= 11 is 14.3. The molecular formula is C26H34Cl2O5. The molecule has 0 bridgehead atoms. The number of Topliss-reactive ketones (excluding diaryl/α,β-unsaturated/α-hetero) is 1. The van der Waals surface area contributed by atoms with Crippen molar-refractivity contribution in [3.05, 3.63) is 23.8 Å². The van der Waals surface area contributed by atoms with Crippen molar-refractivity contribution in [2.45, 2.75) is 76.2 Å². The van der Waals surface area contributed by atoms with Gasteiger partial charge in [0.05, 0.1) is 22.3 Å². The normalized spacial score (nSPS) is 43.6. The second-order valence-electron chi connectivity index (χ2n) is 11.1. The summed E-state index contributed by atoms with van der Waals surface area (Å²) in [6.45, 7) is 7.14. The SMILES string of the molecule is CC(O)C(C)C(=O)OCC(=O)[C@H]1CC[C@H]2[C@@H]3C[C@H](Cl)C4=CC(=O)C=C[C@]4(C)[C@@]3(Cl)CC[C@]12C. The number of alkyl halides is 2. The zero-order valence-electron chi connectivity index (χ0n) is 19.8. The second-order valence-corrected chi connectivity index (χ2v) is 12.3. The standard InChI is InChI=1S/C26H34Cl2O5/c1-14(15(2)29)23(32)33-13-22(31)18-6-5-17-19-12-21(27)20-11-16(30)7-8-25(20,4)26(19,28)10-9-24(17,18)3/h7-8,11,14-15,17-19,21,29H,5-6,9-10,12-13H2,1-4H3/t14?,15?,17-,18+,19-,21-,24-,25-,26+/m0/s1. The van der Waals surface area contributed by atoms with Crippen LogP contribution >= 0.6 is 23.2 Å². The Labute approximate surface area is 205 Å². The first-order valence-electron chi connectivity index (χ1n) is 12.0. The van der Waals surface area contributed by atoms with Crippen molar-refractivity contribution < 1.29 is 24.2 Å². The average Bonchev–Trinajstić information content (AvgIpc) is 3.11. The molecule has 33 heavy (non-hydrogen) atoms. The quantitative estimate of drug-likeness (QED) is 0.443. The maximum Gasteiger partial charge on any atom is 0.311 e. The van der Waals surface area contributed by atoms with E-state index in [2.05, 4.69) is 13.8 Å². The van der Waals surface area contributed by atoms with Gasteiger partial charge < -0.3 is 9.84 Å². The highest BCUT2D eigenvalue weighted by molar-refractivity contribution is 6.28. The minimum Gasteiger partial charge on any atom is -0.457 e. The summed E-state index contributed by atoms with van der Waals surface area (Å²) in [5.41, 5.74) is 0.190. The van der Waals surface area contributed by atoms with E-state index in [1.54, 1.807) is 19.1 Å². The first kappa shape index (κ1) is 24.9. The molecule has 0 saturated heterocycles. The predicted molar refractivity (Wildman–Crippen MR) is 127 cm³/mol. The number of carbonyl (C=O) groups excluding carboxylic acids is 3. The van der Waals surface area contributed by atoms with Gasteiger partial charge in [-0.05, 0) is 80.9 Å². The molecule has 0 aromatic rings. The first-order chi connectivity index (χ1) is 15.3. The Morgan fingerprint density at radius 3 is 2.58 bits per heavy atom. The fourth-order valence-electron chi connectivity index (χ4n) is 7.18. The fraction of sp³-hybridized carbons (Fsp3) is 0.731.